The van der Waals surface area contributed by atoms with Crippen LogP contribution in [0.1, 0.15) is 39.3 Å². The molecule has 0 N–H and O–H groups in total. The number of aromatic nitrogens is 3. The lowest BCUT2D eigenvalue weighted by molar-refractivity contribution is 0.0679. The van der Waals surface area contributed by atoms with E-state index >= 15 is 0 Å². The average molecular weight is 388 g/mol. The molecule has 28 heavy (non-hydrogen) atoms. The molecule has 4 aromatic rings. The summed E-state index contributed by atoms with van der Waals surface area (Å²) < 4.78 is 1.89. The van der Waals surface area contributed by atoms with Crippen LogP contribution < -0.4 is 0 Å². The molecule has 1 atom stereocenters. The zero-order valence-corrected chi connectivity index (χ0v) is 16.4. The van der Waals surface area contributed by atoms with Crippen molar-refractivity contribution in [2.45, 2.75) is 25.9 Å². The Morgan fingerprint density at radius 2 is 1.96 bits per heavy atom. The van der Waals surface area contributed by atoms with Crippen LogP contribution in [0.25, 0.3) is 11.0 Å². The maximum atomic E-state index is 13.0. The summed E-state index contributed by atoms with van der Waals surface area (Å²) in [6, 6.07) is 18.1. The highest BCUT2D eigenvalue weighted by Crippen LogP contribution is 2.33. The van der Waals surface area contributed by atoms with E-state index in [2.05, 4.69) is 28.7 Å². The summed E-state index contributed by atoms with van der Waals surface area (Å²) in [7, 11) is 0. The lowest BCUT2D eigenvalue weighted by Crippen LogP contribution is -2.38. The van der Waals surface area contributed by atoms with Crippen LogP contribution in [0.5, 0.6) is 0 Å². The van der Waals surface area contributed by atoms with Gasteiger partial charge in [-0.05, 0) is 60.2 Å². The van der Waals surface area contributed by atoms with E-state index in [0.717, 1.165) is 35.1 Å². The second-order valence-electron chi connectivity index (χ2n) is 7.16. The Bertz CT molecular complexity index is 1140. The SMILES string of the molecule is C[C@@H]1c2ccsc2CCN1C(=O)c1ccc(Cn2nnc3ccccc32)cc1. The van der Waals surface area contributed by atoms with Gasteiger partial charge in [0.25, 0.3) is 5.91 Å². The van der Waals surface area contributed by atoms with E-state index in [4.69, 9.17) is 0 Å². The van der Waals surface area contributed by atoms with E-state index < -0.39 is 0 Å². The number of para-hydroxylation sites is 1. The largest absolute Gasteiger partial charge is 0.331 e. The fraction of sp³-hybridized carbons (Fsp3) is 0.227. The molecule has 6 heteroatoms. The molecule has 5 nitrogen and oxygen atoms in total. The fourth-order valence-corrected chi connectivity index (χ4v) is 4.88. The number of nitrogens with zero attached hydrogens (tertiary/aromatic N) is 4. The first-order chi connectivity index (χ1) is 13.7. The molecular formula is C22H20N4OS. The van der Waals surface area contributed by atoms with Crippen molar-refractivity contribution in [1.82, 2.24) is 19.9 Å². The number of amides is 1. The maximum absolute atomic E-state index is 13.0. The summed E-state index contributed by atoms with van der Waals surface area (Å²) in [4.78, 5) is 16.4. The molecule has 0 spiro atoms. The molecule has 1 aliphatic rings. The van der Waals surface area contributed by atoms with Gasteiger partial charge in [0, 0.05) is 17.0 Å². The average Bonchev–Trinajstić information content (AvgIpc) is 3.36. The molecule has 140 valence electrons. The van der Waals surface area contributed by atoms with Gasteiger partial charge in [-0.15, -0.1) is 16.4 Å². The Kier molecular flexibility index (Phi) is 4.20. The van der Waals surface area contributed by atoms with Gasteiger partial charge in [0.15, 0.2) is 0 Å². The number of fused-ring (bicyclic) bond motifs is 2. The maximum Gasteiger partial charge on any atom is 0.254 e. The lowest BCUT2D eigenvalue weighted by Gasteiger charge is -2.33. The highest BCUT2D eigenvalue weighted by atomic mass is 32.1. The number of carbonyl (C=O) groups excluding carboxylic acids is 1. The molecule has 0 radical (unpaired) electrons. The Morgan fingerprint density at radius 3 is 2.82 bits per heavy atom. The van der Waals surface area contributed by atoms with Crippen LogP contribution in [0, 0.1) is 0 Å². The Hall–Kier alpha value is -2.99. The van der Waals surface area contributed by atoms with Crippen molar-refractivity contribution in [3.63, 3.8) is 0 Å². The quantitative estimate of drug-likeness (QED) is 0.526. The summed E-state index contributed by atoms with van der Waals surface area (Å²) in [6.45, 7) is 3.53. The van der Waals surface area contributed by atoms with Gasteiger partial charge in [-0.25, -0.2) is 4.68 Å². The molecule has 2 aromatic carbocycles. The van der Waals surface area contributed by atoms with Crippen LogP contribution in [0.4, 0.5) is 0 Å². The number of rotatable bonds is 3. The first-order valence-corrected chi connectivity index (χ1v) is 10.3. The Balaban J connectivity index is 1.34. The zero-order chi connectivity index (χ0) is 19.1. The smallest absolute Gasteiger partial charge is 0.254 e. The van der Waals surface area contributed by atoms with Gasteiger partial charge in [-0.2, -0.15) is 0 Å². The highest BCUT2D eigenvalue weighted by Gasteiger charge is 2.28. The predicted octanol–water partition coefficient (Wildman–Crippen LogP) is 4.30. The third-order valence-corrected chi connectivity index (χ3v) is 6.49. The minimum Gasteiger partial charge on any atom is -0.331 e. The second-order valence-corrected chi connectivity index (χ2v) is 8.16. The third-order valence-electron chi connectivity index (χ3n) is 5.49. The second kappa shape index (κ2) is 6.87. The van der Waals surface area contributed by atoms with Crippen molar-refractivity contribution in [3.8, 4) is 0 Å². The van der Waals surface area contributed by atoms with Crippen molar-refractivity contribution < 1.29 is 4.79 Å². The van der Waals surface area contributed by atoms with Gasteiger partial charge in [0.05, 0.1) is 18.1 Å². The van der Waals surface area contributed by atoms with Crippen LogP contribution in [0.15, 0.2) is 60.0 Å². The third kappa shape index (κ3) is 2.90. The number of carbonyl (C=O) groups is 1. The van der Waals surface area contributed by atoms with E-state index in [1.807, 2.05) is 58.1 Å². The minimum atomic E-state index is 0.0992. The normalized spacial score (nSPS) is 16.3. The van der Waals surface area contributed by atoms with Gasteiger partial charge in [0.2, 0.25) is 0 Å². The molecule has 1 aliphatic heterocycles. The molecule has 0 fully saturated rings. The van der Waals surface area contributed by atoms with Gasteiger partial charge in [-0.3, -0.25) is 4.79 Å². The van der Waals surface area contributed by atoms with Crippen molar-refractivity contribution in [3.05, 3.63) is 81.5 Å². The molecule has 0 saturated heterocycles. The predicted molar refractivity (Wildman–Crippen MR) is 111 cm³/mol. The highest BCUT2D eigenvalue weighted by molar-refractivity contribution is 7.10. The van der Waals surface area contributed by atoms with Crippen LogP contribution in [0.2, 0.25) is 0 Å². The molecule has 0 unspecified atom stereocenters. The van der Waals surface area contributed by atoms with Crippen LogP contribution in [-0.4, -0.2) is 32.3 Å². The summed E-state index contributed by atoms with van der Waals surface area (Å²) >= 11 is 1.79. The molecule has 2 aromatic heterocycles. The van der Waals surface area contributed by atoms with Crippen LogP contribution in [-0.2, 0) is 13.0 Å². The van der Waals surface area contributed by atoms with E-state index in [9.17, 15) is 4.79 Å². The molecule has 0 aliphatic carbocycles. The van der Waals surface area contributed by atoms with Crippen molar-refractivity contribution in [2.24, 2.45) is 0 Å². The lowest BCUT2D eigenvalue weighted by atomic mass is 10.00. The Morgan fingerprint density at radius 1 is 1.14 bits per heavy atom. The number of benzene rings is 2. The van der Waals surface area contributed by atoms with E-state index in [0.29, 0.717) is 6.54 Å². The molecule has 5 rings (SSSR count). The topological polar surface area (TPSA) is 51.0 Å². The van der Waals surface area contributed by atoms with E-state index in [-0.39, 0.29) is 11.9 Å². The molecular weight excluding hydrogens is 368 g/mol. The van der Waals surface area contributed by atoms with Crippen LogP contribution >= 0.6 is 11.3 Å². The number of hydrogen-bond acceptors (Lipinski definition) is 4. The first-order valence-electron chi connectivity index (χ1n) is 9.45. The van der Waals surface area contributed by atoms with E-state index in [1.165, 1.54) is 10.4 Å². The first kappa shape index (κ1) is 17.1. The summed E-state index contributed by atoms with van der Waals surface area (Å²) in [5, 5.41) is 10.6. The number of hydrogen-bond donors (Lipinski definition) is 0. The van der Waals surface area contributed by atoms with E-state index in [1.54, 1.807) is 11.3 Å². The van der Waals surface area contributed by atoms with Crippen molar-refractivity contribution in [2.75, 3.05) is 6.54 Å². The van der Waals surface area contributed by atoms with Crippen molar-refractivity contribution in [1.29, 1.82) is 0 Å². The number of thiophene rings is 1. The van der Waals surface area contributed by atoms with Crippen LogP contribution in [0.3, 0.4) is 0 Å². The van der Waals surface area contributed by atoms with Gasteiger partial charge >= 0.3 is 0 Å². The molecule has 1 amide bonds. The monoisotopic (exact) mass is 388 g/mol. The van der Waals surface area contributed by atoms with Crippen molar-refractivity contribution >= 4 is 28.3 Å². The Labute approximate surface area is 167 Å². The van der Waals surface area contributed by atoms with Gasteiger partial charge in [-0.1, -0.05) is 29.5 Å². The summed E-state index contributed by atoms with van der Waals surface area (Å²) in [6.07, 6.45) is 0.945. The molecule has 3 heterocycles. The molecule has 0 bridgehead atoms. The minimum absolute atomic E-state index is 0.0992. The summed E-state index contributed by atoms with van der Waals surface area (Å²) in [5.41, 5.74) is 5.02. The summed E-state index contributed by atoms with van der Waals surface area (Å²) in [5.74, 6) is 0.0992. The standard InChI is InChI=1S/C22H20N4OS/c1-15-18-11-13-28-21(18)10-12-25(15)22(27)17-8-6-16(7-9-17)14-26-20-5-3-2-4-19(20)23-24-26/h2-9,11,13,15H,10,12,14H2,1H3/t15-/m1/s1. The van der Waals surface area contributed by atoms with Gasteiger partial charge in [0.1, 0.15) is 5.52 Å². The zero-order valence-electron chi connectivity index (χ0n) is 15.6. The fourth-order valence-electron chi connectivity index (χ4n) is 3.91. The van der Waals surface area contributed by atoms with Gasteiger partial charge < -0.3 is 4.90 Å². The molecule has 0 saturated carbocycles.